The molecule has 0 aliphatic carbocycles. The molecule has 2 bridgehead atoms. The van der Waals surface area contributed by atoms with Gasteiger partial charge in [-0.3, -0.25) is 9.78 Å². The highest BCUT2D eigenvalue weighted by Crippen LogP contribution is 2.40. The normalized spacial score (nSPS) is 22.2. The first-order valence-electron chi connectivity index (χ1n) is 9.67. The number of fused-ring (bicyclic) bond motifs is 5. The van der Waals surface area contributed by atoms with E-state index >= 15 is 0 Å². The third-order valence-electron chi connectivity index (χ3n) is 5.74. The van der Waals surface area contributed by atoms with Gasteiger partial charge in [0.05, 0.1) is 18.4 Å². The Morgan fingerprint density at radius 2 is 2.18 bits per heavy atom. The number of nitrogens with zero attached hydrogens (tertiary/aromatic N) is 5. The van der Waals surface area contributed by atoms with Gasteiger partial charge in [-0.2, -0.15) is 5.10 Å². The molecule has 1 saturated heterocycles. The molecule has 3 aromatic heterocycles. The number of hydrogen-bond acceptors (Lipinski definition) is 5. The number of hydrogen-bond donors (Lipinski definition) is 1. The number of pyridine rings is 1. The summed E-state index contributed by atoms with van der Waals surface area (Å²) in [5, 5.41) is 7.18. The fraction of sp³-hybridized carbons (Fsp3) is 0.400. The van der Waals surface area contributed by atoms with Crippen LogP contribution in [0.4, 0.5) is 10.2 Å². The van der Waals surface area contributed by atoms with E-state index in [4.69, 9.17) is 4.98 Å². The molecule has 8 heteroatoms. The average Bonchev–Trinajstić information content (AvgIpc) is 3.28. The predicted molar refractivity (Wildman–Crippen MR) is 102 cm³/mol. The lowest BCUT2D eigenvalue weighted by molar-refractivity contribution is 0.0954. The van der Waals surface area contributed by atoms with Crippen LogP contribution in [0.1, 0.15) is 53.8 Å². The van der Waals surface area contributed by atoms with Crippen LogP contribution in [0.2, 0.25) is 0 Å². The summed E-state index contributed by atoms with van der Waals surface area (Å²) >= 11 is 0. The molecule has 5 heterocycles. The molecular weight excluding hydrogens is 359 g/mol. The van der Waals surface area contributed by atoms with E-state index < -0.39 is 0 Å². The van der Waals surface area contributed by atoms with Gasteiger partial charge in [0.1, 0.15) is 17.2 Å². The molecule has 7 nitrogen and oxygen atoms in total. The molecule has 5 rings (SSSR count). The number of anilines is 1. The summed E-state index contributed by atoms with van der Waals surface area (Å²) in [6.07, 6.45) is 7.97. The smallest absolute Gasteiger partial charge is 0.256 e. The number of rotatable bonds is 0. The quantitative estimate of drug-likeness (QED) is 0.649. The standard InChI is InChI=1S/C20H21FN6O/c1-12-4-5-17-14-9-13(21)10-23-16(14)3-2-7-22-20(28)15-11-24-26-8-6-18(27(12)17)25-19(15)26/h6,8-12,17H,2-5,7H2,1H3,(H,22,28)/t12?,17-/m1/s1. The maximum absolute atomic E-state index is 14.1. The van der Waals surface area contributed by atoms with Crippen LogP contribution < -0.4 is 10.2 Å². The molecule has 1 N–H and O–H groups in total. The average molecular weight is 380 g/mol. The third-order valence-corrected chi connectivity index (χ3v) is 5.74. The summed E-state index contributed by atoms with van der Waals surface area (Å²) in [6, 6.07) is 3.78. The fourth-order valence-electron chi connectivity index (χ4n) is 4.37. The van der Waals surface area contributed by atoms with Gasteiger partial charge >= 0.3 is 0 Å². The van der Waals surface area contributed by atoms with Gasteiger partial charge in [-0.1, -0.05) is 0 Å². The molecule has 144 valence electrons. The van der Waals surface area contributed by atoms with Crippen LogP contribution in [0.25, 0.3) is 5.65 Å². The van der Waals surface area contributed by atoms with Crippen molar-refractivity contribution in [2.24, 2.45) is 0 Å². The van der Waals surface area contributed by atoms with E-state index in [1.807, 2.05) is 12.3 Å². The molecule has 1 amide bonds. The molecule has 2 aliphatic rings. The van der Waals surface area contributed by atoms with Gasteiger partial charge < -0.3 is 10.2 Å². The minimum Gasteiger partial charge on any atom is -0.352 e. The second-order valence-corrected chi connectivity index (χ2v) is 7.51. The summed E-state index contributed by atoms with van der Waals surface area (Å²) in [4.78, 5) is 24.0. The molecular formula is C20H21FN6O. The van der Waals surface area contributed by atoms with Crippen molar-refractivity contribution in [2.75, 3.05) is 11.4 Å². The van der Waals surface area contributed by atoms with E-state index in [1.165, 1.54) is 6.20 Å². The number of halogens is 1. The van der Waals surface area contributed by atoms with E-state index in [0.29, 0.717) is 24.2 Å². The number of nitrogens with one attached hydrogen (secondary N) is 1. The van der Waals surface area contributed by atoms with E-state index in [-0.39, 0.29) is 23.8 Å². The van der Waals surface area contributed by atoms with Crippen LogP contribution in [0, 0.1) is 5.82 Å². The maximum atomic E-state index is 14.1. The van der Waals surface area contributed by atoms with Crippen molar-refractivity contribution in [1.29, 1.82) is 0 Å². The Labute approximate surface area is 161 Å². The maximum Gasteiger partial charge on any atom is 0.256 e. The highest BCUT2D eigenvalue weighted by Gasteiger charge is 2.35. The number of carbonyl (C=O) groups is 1. The summed E-state index contributed by atoms with van der Waals surface area (Å²) in [7, 11) is 0. The molecule has 28 heavy (non-hydrogen) atoms. The van der Waals surface area contributed by atoms with E-state index in [2.05, 4.69) is 27.2 Å². The van der Waals surface area contributed by atoms with Gasteiger partial charge in [0.25, 0.3) is 5.91 Å². The molecule has 3 aromatic rings. The first kappa shape index (κ1) is 17.1. The lowest BCUT2D eigenvalue weighted by Gasteiger charge is -2.31. The number of aryl methyl sites for hydroxylation is 1. The SMILES string of the molecule is CC1CC[C@@H]2c3cc(F)cnc3CCCNC(=O)c3cnn4ccc(nc34)N12. The van der Waals surface area contributed by atoms with Gasteiger partial charge in [0, 0.05) is 24.5 Å². The van der Waals surface area contributed by atoms with Crippen molar-refractivity contribution >= 4 is 17.4 Å². The minimum absolute atomic E-state index is 0.0129. The Balaban J connectivity index is 1.70. The lowest BCUT2D eigenvalue weighted by Crippen LogP contribution is -2.31. The summed E-state index contributed by atoms with van der Waals surface area (Å²) in [6.45, 7) is 2.67. The summed E-state index contributed by atoms with van der Waals surface area (Å²) in [5.74, 6) is 0.265. The largest absolute Gasteiger partial charge is 0.352 e. The zero-order chi connectivity index (χ0) is 19.3. The molecule has 0 saturated carbocycles. The van der Waals surface area contributed by atoms with E-state index in [0.717, 1.165) is 36.3 Å². The highest BCUT2D eigenvalue weighted by molar-refractivity contribution is 5.99. The second-order valence-electron chi connectivity index (χ2n) is 7.51. The molecule has 2 aliphatic heterocycles. The number of amides is 1. The Hall–Kier alpha value is -3.03. The van der Waals surface area contributed by atoms with Crippen LogP contribution >= 0.6 is 0 Å². The topological polar surface area (TPSA) is 75.4 Å². The molecule has 0 spiro atoms. The third kappa shape index (κ3) is 2.71. The fourth-order valence-corrected chi connectivity index (χ4v) is 4.37. The van der Waals surface area contributed by atoms with E-state index in [1.54, 1.807) is 16.8 Å². The molecule has 1 unspecified atom stereocenters. The number of aromatic nitrogens is 4. The van der Waals surface area contributed by atoms with Crippen LogP contribution in [-0.2, 0) is 6.42 Å². The summed E-state index contributed by atoms with van der Waals surface area (Å²) in [5.41, 5.74) is 2.81. The Bertz CT molecular complexity index is 1060. The first-order chi connectivity index (χ1) is 13.6. The highest BCUT2D eigenvalue weighted by atomic mass is 19.1. The Morgan fingerprint density at radius 3 is 3.07 bits per heavy atom. The zero-order valence-corrected chi connectivity index (χ0v) is 15.6. The molecule has 0 aromatic carbocycles. The Morgan fingerprint density at radius 1 is 1.29 bits per heavy atom. The monoisotopic (exact) mass is 380 g/mol. The predicted octanol–water partition coefficient (Wildman–Crippen LogP) is 2.67. The molecule has 1 fully saturated rings. The van der Waals surface area contributed by atoms with Crippen molar-refractivity contribution < 1.29 is 9.18 Å². The zero-order valence-electron chi connectivity index (χ0n) is 15.6. The van der Waals surface area contributed by atoms with Gasteiger partial charge in [-0.05, 0) is 50.3 Å². The summed E-state index contributed by atoms with van der Waals surface area (Å²) < 4.78 is 15.7. The van der Waals surface area contributed by atoms with Crippen molar-refractivity contribution in [1.82, 2.24) is 24.9 Å². The van der Waals surface area contributed by atoms with Crippen molar-refractivity contribution in [3.8, 4) is 0 Å². The van der Waals surface area contributed by atoms with Crippen molar-refractivity contribution in [3.05, 3.63) is 53.4 Å². The minimum atomic E-state index is -0.322. The van der Waals surface area contributed by atoms with Gasteiger partial charge in [-0.15, -0.1) is 0 Å². The van der Waals surface area contributed by atoms with Gasteiger partial charge in [0.2, 0.25) is 0 Å². The van der Waals surface area contributed by atoms with Crippen molar-refractivity contribution in [3.63, 3.8) is 0 Å². The molecule has 0 radical (unpaired) electrons. The lowest BCUT2D eigenvalue weighted by atomic mass is 9.99. The van der Waals surface area contributed by atoms with Crippen LogP contribution in [0.5, 0.6) is 0 Å². The van der Waals surface area contributed by atoms with Gasteiger partial charge in [-0.25, -0.2) is 13.9 Å². The van der Waals surface area contributed by atoms with Crippen LogP contribution in [-0.4, -0.2) is 38.1 Å². The molecule has 2 atom stereocenters. The first-order valence-corrected chi connectivity index (χ1v) is 9.67. The number of carbonyl (C=O) groups excluding carboxylic acids is 1. The van der Waals surface area contributed by atoms with Crippen LogP contribution in [0.15, 0.2) is 30.7 Å². The second kappa shape index (κ2) is 6.54. The van der Waals surface area contributed by atoms with Gasteiger partial charge in [0.15, 0.2) is 5.65 Å². The Kier molecular flexibility index (Phi) is 3.99. The van der Waals surface area contributed by atoms with Crippen molar-refractivity contribution in [2.45, 2.75) is 44.7 Å². The van der Waals surface area contributed by atoms with Crippen LogP contribution in [0.3, 0.4) is 0 Å². The van der Waals surface area contributed by atoms with E-state index in [9.17, 15) is 9.18 Å².